The standard InChI is InChI=1S/C13H20N2O3S/c1-5-8-15(13(2,3)4)19(17,18)10-6-7-12(16)11(14)9-10/h5-7,9,16H,1,8,14H2,2-4H3. The summed E-state index contributed by atoms with van der Waals surface area (Å²) in [6, 6.07) is 3.87. The minimum absolute atomic E-state index is 0.0357. The van der Waals surface area contributed by atoms with Gasteiger partial charge in [-0.3, -0.25) is 0 Å². The molecule has 0 atom stereocenters. The van der Waals surface area contributed by atoms with Crippen LogP contribution in [0.3, 0.4) is 0 Å². The molecule has 1 aromatic rings. The van der Waals surface area contributed by atoms with Crippen LogP contribution >= 0.6 is 0 Å². The third-order valence-corrected chi connectivity index (χ3v) is 4.76. The molecule has 6 heteroatoms. The Bertz CT molecular complexity index is 574. The van der Waals surface area contributed by atoms with Crippen LogP contribution in [0.1, 0.15) is 20.8 Å². The molecule has 3 N–H and O–H groups in total. The fraction of sp³-hybridized carbons (Fsp3) is 0.385. The molecule has 106 valence electrons. The first kappa shape index (κ1) is 15.5. The zero-order chi connectivity index (χ0) is 14.8. The van der Waals surface area contributed by atoms with Gasteiger partial charge in [-0.05, 0) is 39.0 Å². The van der Waals surface area contributed by atoms with Gasteiger partial charge in [0.1, 0.15) is 5.75 Å². The molecule has 0 aliphatic heterocycles. The van der Waals surface area contributed by atoms with E-state index in [0.29, 0.717) is 0 Å². The van der Waals surface area contributed by atoms with Gasteiger partial charge in [0, 0.05) is 12.1 Å². The number of nitrogens with zero attached hydrogens (tertiary/aromatic N) is 1. The Morgan fingerprint density at radius 1 is 1.42 bits per heavy atom. The Morgan fingerprint density at radius 3 is 2.42 bits per heavy atom. The maximum atomic E-state index is 12.6. The second-order valence-electron chi connectivity index (χ2n) is 5.22. The van der Waals surface area contributed by atoms with Gasteiger partial charge in [-0.25, -0.2) is 8.42 Å². The Balaban J connectivity index is 3.34. The average Bonchev–Trinajstić information content (AvgIpc) is 2.27. The molecule has 0 bridgehead atoms. The Labute approximate surface area is 114 Å². The second-order valence-corrected chi connectivity index (χ2v) is 7.08. The lowest BCUT2D eigenvalue weighted by atomic mass is 10.1. The van der Waals surface area contributed by atoms with Crippen LogP contribution < -0.4 is 5.73 Å². The summed E-state index contributed by atoms with van der Waals surface area (Å²) >= 11 is 0. The van der Waals surface area contributed by atoms with Crippen LogP contribution in [0.15, 0.2) is 35.7 Å². The van der Waals surface area contributed by atoms with Crippen LogP contribution in [-0.4, -0.2) is 29.9 Å². The van der Waals surface area contributed by atoms with E-state index >= 15 is 0 Å². The van der Waals surface area contributed by atoms with Crippen LogP contribution in [-0.2, 0) is 10.0 Å². The number of nitrogen functional groups attached to an aromatic ring is 1. The molecule has 0 radical (unpaired) electrons. The number of nitrogens with two attached hydrogens (primary N) is 1. The summed E-state index contributed by atoms with van der Waals surface area (Å²) < 4.78 is 26.5. The normalized spacial score (nSPS) is 12.6. The van der Waals surface area contributed by atoms with E-state index in [1.165, 1.54) is 28.6 Å². The van der Waals surface area contributed by atoms with Gasteiger partial charge in [0.15, 0.2) is 0 Å². The summed E-state index contributed by atoms with van der Waals surface area (Å²) in [5.74, 6) is -0.134. The van der Waals surface area contributed by atoms with Crippen molar-refractivity contribution in [1.82, 2.24) is 4.31 Å². The van der Waals surface area contributed by atoms with E-state index in [9.17, 15) is 13.5 Å². The van der Waals surface area contributed by atoms with Crippen molar-refractivity contribution >= 4 is 15.7 Å². The molecule has 0 saturated carbocycles. The lowest BCUT2D eigenvalue weighted by Crippen LogP contribution is -2.45. The molecule has 5 nitrogen and oxygen atoms in total. The number of anilines is 1. The molecule has 0 heterocycles. The van der Waals surface area contributed by atoms with E-state index in [1.54, 1.807) is 20.8 Å². The minimum atomic E-state index is -3.69. The summed E-state index contributed by atoms with van der Waals surface area (Å²) in [6.45, 7) is 9.19. The first-order valence-corrected chi connectivity index (χ1v) is 7.27. The summed E-state index contributed by atoms with van der Waals surface area (Å²) in [7, 11) is -3.69. The van der Waals surface area contributed by atoms with Gasteiger partial charge in [-0.15, -0.1) is 6.58 Å². The second kappa shape index (κ2) is 5.22. The van der Waals surface area contributed by atoms with E-state index in [2.05, 4.69) is 6.58 Å². The van der Waals surface area contributed by atoms with Crippen molar-refractivity contribution in [2.24, 2.45) is 0 Å². The molecule has 0 amide bonds. The van der Waals surface area contributed by atoms with E-state index in [4.69, 9.17) is 5.73 Å². The predicted molar refractivity (Wildman–Crippen MR) is 76.4 cm³/mol. The van der Waals surface area contributed by atoms with E-state index in [1.807, 2.05) is 0 Å². The molecular weight excluding hydrogens is 264 g/mol. The highest BCUT2D eigenvalue weighted by Crippen LogP contribution is 2.28. The molecule has 0 aliphatic carbocycles. The Morgan fingerprint density at radius 2 is 2.00 bits per heavy atom. The smallest absolute Gasteiger partial charge is 0.243 e. The van der Waals surface area contributed by atoms with E-state index in [-0.39, 0.29) is 22.9 Å². The minimum Gasteiger partial charge on any atom is -0.506 e. The third kappa shape index (κ3) is 3.27. The van der Waals surface area contributed by atoms with Gasteiger partial charge in [0.05, 0.1) is 10.6 Å². The quantitative estimate of drug-likeness (QED) is 0.503. The first-order chi connectivity index (χ1) is 8.60. The van der Waals surface area contributed by atoms with Crippen molar-refractivity contribution in [3.8, 4) is 5.75 Å². The summed E-state index contributed by atoms with van der Waals surface area (Å²) in [6.07, 6.45) is 1.53. The topological polar surface area (TPSA) is 83.6 Å². The maximum absolute atomic E-state index is 12.6. The largest absolute Gasteiger partial charge is 0.506 e. The first-order valence-electron chi connectivity index (χ1n) is 5.83. The van der Waals surface area contributed by atoms with Crippen molar-refractivity contribution in [2.45, 2.75) is 31.2 Å². The van der Waals surface area contributed by atoms with Crippen molar-refractivity contribution in [3.63, 3.8) is 0 Å². The number of sulfonamides is 1. The van der Waals surface area contributed by atoms with Gasteiger partial charge < -0.3 is 10.8 Å². The average molecular weight is 284 g/mol. The van der Waals surface area contributed by atoms with Crippen LogP contribution in [0.4, 0.5) is 5.69 Å². The van der Waals surface area contributed by atoms with E-state index in [0.717, 1.165) is 0 Å². The Hall–Kier alpha value is -1.53. The summed E-state index contributed by atoms with van der Waals surface area (Å²) in [5.41, 5.74) is 5.00. The van der Waals surface area contributed by atoms with Gasteiger partial charge in [0.25, 0.3) is 0 Å². The van der Waals surface area contributed by atoms with Gasteiger partial charge in [0.2, 0.25) is 10.0 Å². The molecule has 0 fully saturated rings. The van der Waals surface area contributed by atoms with Crippen molar-refractivity contribution < 1.29 is 13.5 Å². The number of benzene rings is 1. The molecule has 0 aromatic heterocycles. The Kier molecular flexibility index (Phi) is 4.27. The molecular formula is C13H20N2O3S. The van der Waals surface area contributed by atoms with Crippen LogP contribution in [0.25, 0.3) is 0 Å². The maximum Gasteiger partial charge on any atom is 0.243 e. The van der Waals surface area contributed by atoms with Crippen LogP contribution in [0.5, 0.6) is 5.75 Å². The van der Waals surface area contributed by atoms with Crippen LogP contribution in [0, 0.1) is 0 Å². The number of phenolic OH excluding ortho intramolecular Hbond substituents is 1. The van der Waals surface area contributed by atoms with Gasteiger partial charge in [-0.2, -0.15) is 4.31 Å². The zero-order valence-electron chi connectivity index (χ0n) is 11.4. The lowest BCUT2D eigenvalue weighted by molar-refractivity contribution is 0.270. The van der Waals surface area contributed by atoms with Crippen molar-refractivity contribution in [2.75, 3.05) is 12.3 Å². The molecule has 0 unspecified atom stereocenters. The molecule has 1 aromatic carbocycles. The number of phenols is 1. The summed E-state index contributed by atoms with van der Waals surface area (Å²) in [4.78, 5) is 0.0552. The predicted octanol–water partition coefficient (Wildman–Crippen LogP) is 1.95. The van der Waals surface area contributed by atoms with Gasteiger partial charge in [-0.1, -0.05) is 6.08 Å². The van der Waals surface area contributed by atoms with Crippen LogP contribution in [0.2, 0.25) is 0 Å². The van der Waals surface area contributed by atoms with Crippen molar-refractivity contribution in [1.29, 1.82) is 0 Å². The zero-order valence-corrected chi connectivity index (χ0v) is 12.2. The van der Waals surface area contributed by atoms with E-state index < -0.39 is 15.6 Å². The van der Waals surface area contributed by atoms with Gasteiger partial charge >= 0.3 is 0 Å². The third-order valence-electron chi connectivity index (χ3n) is 2.63. The SMILES string of the molecule is C=CCN(C(C)(C)C)S(=O)(=O)c1ccc(O)c(N)c1. The fourth-order valence-electron chi connectivity index (χ4n) is 1.67. The molecule has 19 heavy (non-hydrogen) atoms. The highest BCUT2D eigenvalue weighted by atomic mass is 32.2. The molecule has 0 saturated heterocycles. The molecule has 0 aliphatic rings. The molecule has 0 spiro atoms. The van der Waals surface area contributed by atoms with Crippen molar-refractivity contribution in [3.05, 3.63) is 30.9 Å². The lowest BCUT2D eigenvalue weighted by Gasteiger charge is -2.33. The number of aromatic hydroxyl groups is 1. The summed E-state index contributed by atoms with van der Waals surface area (Å²) in [5, 5.41) is 9.36. The molecule has 1 rings (SSSR count). The highest BCUT2D eigenvalue weighted by Gasteiger charge is 2.33. The fourth-order valence-corrected chi connectivity index (χ4v) is 3.46. The number of hydrogen-bond acceptors (Lipinski definition) is 4. The monoisotopic (exact) mass is 284 g/mol. The number of rotatable bonds is 4. The highest BCUT2D eigenvalue weighted by molar-refractivity contribution is 7.89. The number of hydrogen-bond donors (Lipinski definition) is 2.